The molecule has 3 nitrogen and oxygen atoms in total. The molecule has 0 spiro atoms. The Morgan fingerprint density at radius 3 is 2.25 bits per heavy atom. The summed E-state index contributed by atoms with van der Waals surface area (Å²) in [6, 6.07) is 0. The Bertz CT molecular complexity index is 252. The first-order valence-electron chi connectivity index (χ1n) is 5.96. The van der Waals surface area contributed by atoms with Crippen molar-refractivity contribution >= 4 is 21.4 Å². The summed E-state index contributed by atoms with van der Waals surface area (Å²) in [7, 11) is -3.12. The molecule has 0 radical (unpaired) electrons. The van der Waals surface area contributed by atoms with Crippen molar-refractivity contribution in [2.45, 2.75) is 51.6 Å². The third-order valence-electron chi connectivity index (χ3n) is 2.43. The second-order valence-corrected chi connectivity index (χ2v) is 6.73. The van der Waals surface area contributed by atoms with Gasteiger partial charge >= 0.3 is 0 Å². The van der Waals surface area contributed by atoms with Crippen LogP contribution >= 0.6 is 11.6 Å². The van der Waals surface area contributed by atoms with Gasteiger partial charge in [-0.15, -0.1) is 11.6 Å². The van der Waals surface area contributed by atoms with E-state index in [-0.39, 0.29) is 17.4 Å². The molecule has 0 aliphatic carbocycles. The van der Waals surface area contributed by atoms with Gasteiger partial charge in [0.05, 0.1) is 17.6 Å². The smallest absolute Gasteiger partial charge is 0.152 e. The number of hydrogen-bond acceptors (Lipinski definition) is 3. The van der Waals surface area contributed by atoms with Gasteiger partial charge in [-0.2, -0.15) is 0 Å². The molecule has 0 rings (SSSR count). The van der Waals surface area contributed by atoms with E-state index in [4.69, 9.17) is 16.7 Å². The van der Waals surface area contributed by atoms with Crippen LogP contribution in [0, 0.1) is 0 Å². The summed E-state index contributed by atoms with van der Waals surface area (Å²) in [5.74, 6) is -0.0474. The van der Waals surface area contributed by atoms with Crippen LogP contribution in [0.25, 0.3) is 0 Å². The van der Waals surface area contributed by atoms with E-state index in [1.165, 1.54) is 19.3 Å². The molecule has 0 aliphatic heterocycles. The van der Waals surface area contributed by atoms with Gasteiger partial charge in [-0.3, -0.25) is 0 Å². The topological polar surface area (TPSA) is 54.4 Å². The van der Waals surface area contributed by atoms with E-state index in [2.05, 4.69) is 6.92 Å². The Morgan fingerprint density at radius 2 is 1.69 bits per heavy atom. The number of aliphatic hydroxyl groups is 1. The molecule has 0 aliphatic rings. The van der Waals surface area contributed by atoms with E-state index in [9.17, 15) is 8.42 Å². The normalized spacial score (nSPS) is 13.9. The van der Waals surface area contributed by atoms with Crippen molar-refractivity contribution in [1.82, 2.24) is 0 Å². The molecule has 1 atom stereocenters. The van der Waals surface area contributed by atoms with Crippen molar-refractivity contribution in [2.75, 3.05) is 17.4 Å². The maximum Gasteiger partial charge on any atom is 0.152 e. The standard InChI is InChI=1S/C11H23ClO3S/c1-2-3-4-5-6-7-8-16(14,15)10-11(13)9-12/h11,13H,2-10H2,1H3. The van der Waals surface area contributed by atoms with Crippen LogP contribution in [-0.2, 0) is 9.84 Å². The highest BCUT2D eigenvalue weighted by Gasteiger charge is 2.15. The Kier molecular flexibility index (Phi) is 9.37. The van der Waals surface area contributed by atoms with Gasteiger partial charge in [0.2, 0.25) is 0 Å². The lowest BCUT2D eigenvalue weighted by atomic mass is 10.1. The van der Waals surface area contributed by atoms with Gasteiger partial charge in [-0.05, 0) is 6.42 Å². The summed E-state index contributed by atoms with van der Waals surface area (Å²) in [5.41, 5.74) is 0. The molecular formula is C11H23ClO3S. The van der Waals surface area contributed by atoms with Crippen molar-refractivity contribution in [2.24, 2.45) is 0 Å². The summed E-state index contributed by atoms with van der Waals surface area (Å²) in [6.07, 6.45) is 5.42. The van der Waals surface area contributed by atoms with E-state index in [0.29, 0.717) is 6.42 Å². The van der Waals surface area contributed by atoms with Crippen LogP contribution in [0.15, 0.2) is 0 Å². The number of hydrogen-bond donors (Lipinski definition) is 1. The highest BCUT2D eigenvalue weighted by atomic mass is 35.5. The molecule has 0 amide bonds. The van der Waals surface area contributed by atoms with Gasteiger partial charge in [0.1, 0.15) is 0 Å². The molecule has 0 aromatic carbocycles. The number of rotatable bonds is 10. The number of unbranched alkanes of at least 4 members (excludes halogenated alkanes) is 5. The first-order valence-corrected chi connectivity index (χ1v) is 8.32. The summed E-state index contributed by atoms with van der Waals surface area (Å²) in [6.45, 7) is 2.15. The highest BCUT2D eigenvalue weighted by molar-refractivity contribution is 7.91. The third kappa shape index (κ3) is 9.43. The van der Waals surface area contributed by atoms with E-state index >= 15 is 0 Å². The zero-order valence-corrected chi connectivity index (χ0v) is 11.6. The zero-order chi connectivity index (χ0) is 12.4. The van der Waals surface area contributed by atoms with E-state index in [1.54, 1.807) is 0 Å². The third-order valence-corrected chi connectivity index (χ3v) is 4.59. The lowest BCUT2D eigenvalue weighted by molar-refractivity contribution is 0.221. The highest BCUT2D eigenvalue weighted by Crippen LogP contribution is 2.07. The van der Waals surface area contributed by atoms with Crippen LogP contribution in [0.5, 0.6) is 0 Å². The van der Waals surface area contributed by atoms with Crippen LogP contribution in [0.1, 0.15) is 45.4 Å². The minimum Gasteiger partial charge on any atom is -0.391 e. The van der Waals surface area contributed by atoms with Gasteiger partial charge < -0.3 is 5.11 Å². The van der Waals surface area contributed by atoms with Gasteiger partial charge in [-0.1, -0.05) is 39.0 Å². The lowest BCUT2D eigenvalue weighted by Crippen LogP contribution is -2.24. The maximum absolute atomic E-state index is 11.5. The van der Waals surface area contributed by atoms with Crippen LogP contribution in [0.4, 0.5) is 0 Å². The quantitative estimate of drug-likeness (QED) is 0.490. The van der Waals surface area contributed by atoms with Crippen molar-refractivity contribution in [3.63, 3.8) is 0 Å². The van der Waals surface area contributed by atoms with Crippen molar-refractivity contribution in [1.29, 1.82) is 0 Å². The number of sulfone groups is 1. The van der Waals surface area contributed by atoms with Crippen molar-refractivity contribution in [3.8, 4) is 0 Å². The predicted octanol–water partition coefficient (Wildman–Crippen LogP) is 2.36. The Labute approximate surface area is 104 Å². The fourth-order valence-corrected chi connectivity index (χ4v) is 3.28. The van der Waals surface area contributed by atoms with Crippen LogP contribution < -0.4 is 0 Å². The summed E-state index contributed by atoms with van der Waals surface area (Å²) in [5, 5.41) is 9.16. The fourth-order valence-electron chi connectivity index (χ4n) is 1.52. The number of aliphatic hydroxyl groups excluding tert-OH is 1. The molecule has 5 heteroatoms. The average Bonchev–Trinajstić information content (AvgIpc) is 2.22. The summed E-state index contributed by atoms with van der Waals surface area (Å²) < 4.78 is 22.9. The van der Waals surface area contributed by atoms with E-state index in [0.717, 1.165) is 12.8 Å². The number of alkyl halides is 1. The Morgan fingerprint density at radius 1 is 1.12 bits per heavy atom. The van der Waals surface area contributed by atoms with Gasteiger partial charge in [0, 0.05) is 5.88 Å². The van der Waals surface area contributed by atoms with Gasteiger partial charge in [-0.25, -0.2) is 8.42 Å². The fraction of sp³-hybridized carbons (Fsp3) is 1.00. The Hall–Kier alpha value is 0.200. The maximum atomic E-state index is 11.5. The average molecular weight is 271 g/mol. The van der Waals surface area contributed by atoms with E-state index < -0.39 is 15.9 Å². The molecule has 0 bridgehead atoms. The lowest BCUT2D eigenvalue weighted by Gasteiger charge is -2.07. The zero-order valence-electron chi connectivity index (χ0n) is 9.99. The first-order chi connectivity index (χ1) is 7.52. The Balaban J connectivity index is 3.59. The molecule has 0 aromatic rings. The van der Waals surface area contributed by atoms with Crippen molar-refractivity contribution in [3.05, 3.63) is 0 Å². The SMILES string of the molecule is CCCCCCCCS(=O)(=O)CC(O)CCl. The van der Waals surface area contributed by atoms with E-state index in [1.807, 2.05) is 0 Å². The predicted molar refractivity (Wildman–Crippen MR) is 68.8 cm³/mol. The largest absolute Gasteiger partial charge is 0.391 e. The molecule has 0 fully saturated rings. The molecule has 1 unspecified atom stereocenters. The van der Waals surface area contributed by atoms with Gasteiger partial charge in [0.25, 0.3) is 0 Å². The van der Waals surface area contributed by atoms with Crippen LogP contribution in [-0.4, -0.2) is 37.0 Å². The molecule has 16 heavy (non-hydrogen) atoms. The summed E-state index contributed by atoms with van der Waals surface area (Å²) >= 11 is 5.36. The molecule has 0 heterocycles. The molecule has 1 N–H and O–H groups in total. The molecule has 0 aromatic heterocycles. The molecule has 0 saturated carbocycles. The molecular weight excluding hydrogens is 248 g/mol. The minimum absolute atomic E-state index is 0.0181. The monoisotopic (exact) mass is 270 g/mol. The van der Waals surface area contributed by atoms with Crippen LogP contribution in [0.2, 0.25) is 0 Å². The first kappa shape index (κ1) is 16.2. The second kappa shape index (κ2) is 9.25. The molecule has 0 saturated heterocycles. The minimum atomic E-state index is -3.12. The van der Waals surface area contributed by atoms with Crippen molar-refractivity contribution < 1.29 is 13.5 Å². The molecule has 98 valence electrons. The van der Waals surface area contributed by atoms with Crippen LogP contribution in [0.3, 0.4) is 0 Å². The summed E-state index contributed by atoms with van der Waals surface area (Å²) in [4.78, 5) is 0. The number of halogens is 1. The van der Waals surface area contributed by atoms with Gasteiger partial charge in [0.15, 0.2) is 9.84 Å². The second-order valence-electron chi connectivity index (χ2n) is 4.19.